The van der Waals surface area contributed by atoms with Crippen LogP contribution in [0, 0.1) is 5.92 Å². The molecule has 0 aromatic heterocycles. The van der Waals surface area contributed by atoms with Gasteiger partial charge in [-0.2, -0.15) is 0 Å². The molecular formula is C20H33N3OS. The summed E-state index contributed by atoms with van der Waals surface area (Å²) < 4.78 is 5.45. The summed E-state index contributed by atoms with van der Waals surface area (Å²) in [4.78, 5) is 8.42. The van der Waals surface area contributed by atoms with Crippen molar-refractivity contribution in [3.05, 3.63) is 30.3 Å². The third kappa shape index (κ3) is 8.15. The summed E-state index contributed by atoms with van der Waals surface area (Å²) in [6.07, 6.45) is 4.74. The summed E-state index contributed by atoms with van der Waals surface area (Å²) >= 11 is 1.91. The van der Waals surface area contributed by atoms with Gasteiger partial charge in [0.1, 0.15) is 0 Å². The molecule has 1 saturated heterocycles. The average molecular weight is 364 g/mol. The lowest BCUT2D eigenvalue weighted by molar-refractivity contribution is 0.0625. The van der Waals surface area contributed by atoms with Crippen LogP contribution < -0.4 is 5.32 Å². The molecule has 140 valence electrons. The zero-order chi connectivity index (χ0) is 17.7. The normalized spacial score (nSPS) is 16.0. The van der Waals surface area contributed by atoms with Crippen LogP contribution in [0.3, 0.4) is 0 Å². The largest absolute Gasteiger partial charge is 0.381 e. The number of nitrogens with one attached hydrogen (secondary N) is 1. The first-order valence-corrected chi connectivity index (χ1v) is 10.5. The number of ether oxygens (including phenoxy) is 1. The van der Waals surface area contributed by atoms with Crippen LogP contribution >= 0.6 is 11.8 Å². The van der Waals surface area contributed by atoms with Crippen molar-refractivity contribution < 1.29 is 4.74 Å². The van der Waals surface area contributed by atoms with Gasteiger partial charge in [0.25, 0.3) is 0 Å². The minimum absolute atomic E-state index is 0.807. The van der Waals surface area contributed by atoms with Gasteiger partial charge in [-0.25, -0.2) is 0 Å². The average Bonchev–Trinajstić information content (AvgIpc) is 2.66. The highest BCUT2D eigenvalue weighted by atomic mass is 32.2. The molecule has 2 rings (SSSR count). The summed E-state index contributed by atoms with van der Waals surface area (Å²) in [7, 11) is 2.15. The van der Waals surface area contributed by atoms with Crippen LogP contribution in [0.4, 0.5) is 0 Å². The van der Waals surface area contributed by atoms with Gasteiger partial charge >= 0.3 is 0 Å². The quantitative estimate of drug-likeness (QED) is 0.313. The minimum atomic E-state index is 0.807. The van der Waals surface area contributed by atoms with E-state index in [-0.39, 0.29) is 0 Å². The molecule has 5 heteroatoms. The Morgan fingerprint density at radius 1 is 1.28 bits per heavy atom. The molecule has 1 aromatic carbocycles. The van der Waals surface area contributed by atoms with E-state index >= 15 is 0 Å². The van der Waals surface area contributed by atoms with Crippen molar-refractivity contribution in [2.24, 2.45) is 10.9 Å². The molecule has 0 atom stereocenters. The molecule has 1 fully saturated rings. The maximum atomic E-state index is 5.45. The van der Waals surface area contributed by atoms with Gasteiger partial charge in [-0.3, -0.25) is 4.99 Å². The molecule has 0 amide bonds. The second kappa shape index (κ2) is 12.2. The van der Waals surface area contributed by atoms with Crippen molar-refractivity contribution in [3.63, 3.8) is 0 Å². The Morgan fingerprint density at radius 3 is 2.76 bits per heavy atom. The fourth-order valence-corrected chi connectivity index (χ4v) is 3.80. The lowest BCUT2D eigenvalue weighted by Gasteiger charge is -2.26. The molecule has 0 bridgehead atoms. The number of hydrogen-bond acceptors (Lipinski definition) is 3. The third-order valence-electron chi connectivity index (χ3n) is 4.49. The Balaban J connectivity index is 1.68. The van der Waals surface area contributed by atoms with Gasteiger partial charge in [0.15, 0.2) is 5.96 Å². The molecule has 0 saturated carbocycles. The number of rotatable bonds is 9. The zero-order valence-electron chi connectivity index (χ0n) is 15.7. The molecule has 1 aliphatic heterocycles. The highest BCUT2D eigenvalue weighted by Crippen LogP contribution is 2.19. The fourth-order valence-electron chi connectivity index (χ4n) is 2.94. The molecule has 1 aliphatic rings. The van der Waals surface area contributed by atoms with E-state index in [2.05, 4.69) is 54.5 Å². The Hall–Kier alpha value is -1.20. The van der Waals surface area contributed by atoms with E-state index in [1.165, 1.54) is 24.2 Å². The van der Waals surface area contributed by atoms with E-state index in [9.17, 15) is 0 Å². The van der Waals surface area contributed by atoms with Gasteiger partial charge in [0.05, 0.1) is 0 Å². The number of thioether (sulfide) groups is 1. The van der Waals surface area contributed by atoms with Gasteiger partial charge in [0, 0.05) is 44.8 Å². The van der Waals surface area contributed by atoms with E-state index in [4.69, 9.17) is 9.73 Å². The maximum absolute atomic E-state index is 5.45. The molecule has 0 radical (unpaired) electrons. The number of nitrogens with zero attached hydrogens (tertiary/aromatic N) is 2. The van der Waals surface area contributed by atoms with Gasteiger partial charge < -0.3 is 15.0 Å². The highest BCUT2D eigenvalue weighted by molar-refractivity contribution is 7.99. The minimum Gasteiger partial charge on any atom is -0.381 e. The third-order valence-corrected chi connectivity index (χ3v) is 5.58. The molecule has 1 heterocycles. The number of hydrogen-bond donors (Lipinski definition) is 1. The van der Waals surface area contributed by atoms with Crippen molar-refractivity contribution >= 4 is 17.7 Å². The summed E-state index contributed by atoms with van der Waals surface area (Å²) in [6.45, 7) is 6.86. The first-order chi connectivity index (χ1) is 12.3. The maximum Gasteiger partial charge on any atom is 0.193 e. The smallest absolute Gasteiger partial charge is 0.193 e. The number of guanidine groups is 1. The van der Waals surface area contributed by atoms with Gasteiger partial charge in [-0.05, 0) is 56.4 Å². The van der Waals surface area contributed by atoms with E-state index in [1.54, 1.807) is 0 Å². The van der Waals surface area contributed by atoms with Crippen LogP contribution in [-0.2, 0) is 4.74 Å². The summed E-state index contributed by atoms with van der Waals surface area (Å²) in [6, 6.07) is 10.6. The standard InChI is InChI=1S/C20H33N3OS/c1-3-21-20(23(2)14-10-18-11-15-24-16-12-18)22-13-7-17-25-19-8-5-4-6-9-19/h4-6,8-9,18H,3,7,10-17H2,1-2H3,(H,21,22). The van der Waals surface area contributed by atoms with Crippen molar-refractivity contribution in [2.45, 2.75) is 37.5 Å². The van der Waals surface area contributed by atoms with Crippen LogP contribution in [-0.4, -0.2) is 56.5 Å². The fraction of sp³-hybridized carbons (Fsp3) is 0.650. The van der Waals surface area contributed by atoms with Crippen LogP contribution in [0.1, 0.15) is 32.6 Å². The molecule has 0 spiro atoms. The zero-order valence-corrected chi connectivity index (χ0v) is 16.6. The summed E-state index contributed by atoms with van der Waals surface area (Å²) in [5, 5.41) is 3.42. The predicted molar refractivity (Wildman–Crippen MR) is 109 cm³/mol. The van der Waals surface area contributed by atoms with Crippen LogP contribution in [0.15, 0.2) is 40.2 Å². The number of aliphatic imine (C=N–C) groups is 1. The van der Waals surface area contributed by atoms with E-state index < -0.39 is 0 Å². The molecule has 0 unspecified atom stereocenters. The van der Waals surface area contributed by atoms with Gasteiger partial charge in [-0.1, -0.05) is 18.2 Å². The molecule has 25 heavy (non-hydrogen) atoms. The van der Waals surface area contributed by atoms with E-state index in [0.29, 0.717) is 0 Å². The highest BCUT2D eigenvalue weighted by Gasteiger charge is 2.15. The van der Waals surface area contributed by atoms with Crippen molar-refractivity contribution in [2.75, 3.05) is 45.6 Å². The van der Waals surface area contributed by atoms with Crippen LogP contribution in [0.25, 0.3) is 0 Å². The van der Waals surface area contributed by atoms with Crippen LogP contribution in [0.2, 0.25) is 0 Å². The number of benzene rings is 1. The molecule has 0 aliphatic carbocycles. The van der Waals surface area contributed by atoms with Crippen molar-refractivity contribution in [1.82, 2.24) is 10.2 Å². The Labute approximate surface area is 157 Å². The Kier molecular flexibility index (Phi) is 9.82. The van der Waals surface area contributed by atoms with Gasteiger partial charge in [-0.15, -0.1) is 11.8 Å². The molecule has 1 N–H and O–H groups in total. The monoisotopic (exact) mass is 363 g/mol. The molecule has 1 aromatic rings. The SMILES string of the molecule is CCNC(=NCCCSc1ccccc1)N(C)CCC1CCOCC1. The Morgan fingerprint density at radius 2 is 2.04 bits per heavy atom. The molecular weight excluding hydrogens is 330 g/mol. The van der Waals surface area contributed by atoms with E-state index in [1.807, 2.05) is 11.8 Å². The van der Waals surface area contributed by atoms with Gasteiger partial charge in [0.2, 0.25) is 0 Å². The summed E-state index contributed by atoms with van der Waals surface area (Å²) in [5.74, 6) is 2.96. The first-order valence-electron chi connectivity index (χ1n) is 9.54. The van der Waals surface area contributed by atoms with Crippen molar-refractivity contribution in [1.29, 1.82) is 0 Å². The topological polar surface area (TPSA) is 36.9 Å². The second-order valence-corrected chi connectivity index (χ2v) is 7.69. The lowest BCUT2D eigenvalue weighted by atomic mass is 9.96. The van der Waals surface area contributed by atoms with E-state index in [0.717, 1.165) is 56.9 Å². The van der Waals surface area contributed by atoms with Crippen molar-refractivity contribution in [3.8, 4) is 0 Å². The first kappa shape index (κ1) is 20.1. The predicted octanol–water partition coefficient (Wildman–Crippen LogP) is 3.88. The second-order valence-electron chi connectivity index (χ2n) is 6.52. The lowest BCUT2D eigenvalue weighted by Crippen LogP contribution is -2.40. The summed E-state index contributed by atoms with van der Waals surface area (Å²) in [5.41, 5.74) is 0. The molecule has 4 nitrogen and oxygen atoms in total. The Bertz CT molecular complexity index is 489. The van der Waals surface area contributed by atoms with Crippen LogP contribution in [0.5, 0.6) is 0 Å².